The van der Waals surface area contributed by atoms with E-state index in [1.54, 1.807) is 12.1 Å². The number of halogens is 1. The molecular weight excluding hydrogens is 403 g/mol. The lowest BCUT2D eigenvalue weighted by Crippen LogP contribution is -2.28. The Labute approximate surface area is 177 Å². The number of rotatable bonds is 6. The zero-order valence-electron chi connectivity index (χ0n) is 16.4. The molecule has 0 unspecified atom stereocenters. The Bertz CT molecular complexity index is 1040. The fourth-order valence-electron chi connectivity index (χ4n) is 3.51. The SMILES string of the molecule is C[C@H](Cc1nnc(NC(=O)[C@@H]2CC(=O)N(c3ccc(F)cc3)C2)s1)c1ccccc1. The van der Waals surface area contributed by atoms with Crippen molar-refractivity contribution >= 4 is 34.0 Å². The lowest BCUT2D eigenvalue weighted by molar-refractivity contribution is -0.122. The van der Waals surface area contributed by atoms with Gasteiger partial charge in [0.25, 0.3) is 0 Å². The molecule has 4 rings (SSSR count). The van der Waals surface area contributed by atoms with Crippen LogP contribution in [0.25, 0.3) is 0 Å². The van der Waals surface area contributed by atoms with E-state index in [2.05, 4.69) is 34.6 Å². The number of aromatic nitrogens is 2. The van der Waals surface area contributed by atoms with Crippen molar-refractivity contribution in [3.8, 4) is 0 Å². The van der Waals surface area contributed by atoms with Gasteiger partial charge in [0.1, 0.15) is 10.8 Å². The summed E-state index contributed by atoms with van der Waals surface area (Å²) in [5, 5.41) is 12.3. The lowest BCUT2D eigenvalue weighted by Gasteiger charge is -2.16. The molecule has 1 aromatic heterocycles. The second-order valence-corrected chi connectivity index (χ2v) is 8.45. The summed E-state index contributed by atoms with van der Waals surface area (Å²) in [6, 6.07) is 15.9. The van der Waals surface area contributed by atoms with Crippen molar-refractivity contribution in [2.24, 2.45) is 5.92 Å². The summed E-state index contributed by atoms with van der Waals surface area (Å²) in [6.07, 6.45) is 0.845. The maximum atomic E-state index is 13.1. The number of hydrogen-bond acceptors (Lipinski definition) is 5. The molecule has 2 atom stereocenters. The zero-order chi connectivity index (χ0) is 21.1. The highest BCUT2D eigenvalue weighted by molar-refractivity contribution is 7.15. The zero-order valence-corrected chi connectivity index (χ0v) is 17.2. The summed E-state index contributed by atoms with van der Waals surface area (Å²) in [5.74, 6) is -0.978. The molecule has 1 aliphatic rings. The van der Waals surface area contributed by atoms with Gasteiger partial charge < -0.3 is 10.2 Å². The fourth-order valence-corrected chi connectivity index (χ4v) is 4.38. The van der Waals surface area contributed by atoms with Crippen LogP contribution in [0.1, 0.15) is 29.8 Å². The van der Waals surface area contributed by atoms with Crippen molar-refractivity contribution in [1.29, 1.82) is 0 Å². The molecule has 1 aliphatic heterocycles. The van der Waals surface area contributed by atoms with E-state index in [1.165, 1.54) is 33.9 Å². The largest absolute Gasteiger partial charge is 0.312 e. The minimum Gasteiger partial charge on any atom is -0.312 e. The smallest absolute Gasteiger partial charge is 0.231 e. The van der Waals surface area contributed by atoms with Gasteiger partial charge in [-0.2, -0.15) is 0 Å². The van der Waals surface area contributed by atoms with E-state index in [-0.39, 0.29) is 30.6 Å². The average molecular weight is 425 g/mol. The monoisotopic (exact) mass is 424 g/mol. The highest BCUT2D eigenvalue weighted by Crippen LogP contribution is 2.28. The highest BCUT2D eigenvalue weighted by atomic mass is 32.1. The second-order valence-electron chi connectivity index (χ2n) is 7.39. The first-order chi connectivity index (χ1) is 14.5. The molecule has 154 valence electrons. The third-order valence-corrected chi connectivity index (χ3v) is 6.04. The van der Waals surface area contributed by atoms with Crippen LogP contribution in [0.3, 0.4) is 0 Å². The maximum Gasteiger partial charge on any atom is 0.231 e. The number of benzene rings is 2. The Morgan fingerprint density at radius 1 is 1.20 bits per heavy atom. The molecule has 8 heteroatoms. The summed E-state index contributed by atoms with van der Waals surface area (Å²) in [7, 11) is 0. The molecule has 1 saturated heterocycles. The standard InChI is InChI=1S/C22H21FN4O2S/c1-14(15-5-3-2-4-6-15)11-19-25-26-22(30-19)24-21(29)16-12-20(28)27(13-16)18-9-7-17(23)8-10-18/h2-10,14,16H,11-13H2,1H3,(H,24,26,29)/t14-,16-/m1/s1. The van der Waals surface area contributed by atoms with E-state index in [9.17, 15) is 14.0 Å². The third kappa shape index (κ3) is 4.54. The molecule has 6 nitrogen and oxygen atoms in total. The molecule has 1 fully saturated rings. The Kier molecular flexibility index (Phi) is 5.85. The van der Waals surface area contributed by atoms with Gasteiger partial charge in [0.15, 0.2) is 0 Å². The first-order valence-electron chi connectivity index (χ1n) is 9.73. The first-order valence-corrected chi connectivity index (χ1v) is 10.6. The van der Waals surface area contributed by atoms with Crippen LogP contribution in [0.2, 0.25) is 0 Å². The van der Waals surface area contributed by atoms with E-state index in [0.717, 1.165) is 11.4 Å². The van der Waals surface area contributed by atoms with Gasteiger partial charge in [-0.3, -0.25) is 9.59 Å². The van der Waals surface area contributed by atoms with Gasteiger partial charge in [0.05, 0.1) is 5.92 Å². The Morgan fingerprint density at radius 3 is 2.67 bits per heavy atom. The quantitative estimate of drug-likeness (QED) is 0.649. The van der Waals surface area contributed by atoms with Gasteiger partial charge in [-0.25, -0.2) is 4.39 Å². The summed E-state index contributed by atoms with van der Waals surface area (Å²) in [6.45, 7) is 2.39. The number of anilines is 2. The molecule has 0 spiro atoms. The summed E-state index contributed by atoms with van der Waals surface area (Å²) >= 11 is 1.35. The van der Waals surface area contributed by atoms with E-state index in [1.807, 2.05) is 18.2 Å². The van der Waals surface area contributed by atoms with Gasteiger partial charge in [0.2, 0.25) is 16.9 Å². The van der Waals surface area contributed by atoms with E-state index < -0.39 is 5.92 Å². The van der Waals surface area contributed by atoms with Gasteiger partial charge in [-0.1, -0.05) is 48.6 Å². The number of carbonyl (C=O) groups is 2. The summed E-state index contributed by atoms with van der Waals surface area (Å²) < 4.78 is 13.1. The predicted molar refractivity (Wildman–Crippen MR) is 114 cm³/mol. The van der Waals surface area contributed by atoms with E-state index in [0.29, 0.717) is 16.7 Å². The molecule has 2 heterocycles. The van der Waals surface area contributed by atoms with Crippen LogP contribution < -0.4 is 10.2 Å². The maximum absolute atomic E-state index is 13.1. The van der Waals surface area contributed by atoms with Crippen molar-refractivity contribution in [3.63, 3.8) is 0 Å². The summed E-state index contributed by atoms with van der Waals surface area (Å²) in [4.78, 5) is 26.5. The van der Waals surface area contributed by atoms with Crippen LogP contribution in [0, 0.1) is 11.7 Å². The van der Waals surface area contributed by atoms with Gasteiger partial charge in [-0.15, -0.1) is 10.2 Å². The third-order valence-electron chi connectivity index (χ3n) is 5.18. The van der Waals surface area contributed by atoms with E-state index in [4.69, 9.17) is 0 Å². The Morgan fingerprint density at radius 2 is 1.93 bits per heavy atom. The molecule has 30 heavy (non-hydrogen) atoms. The van der Waals surface area contributed by atoms with Crippen LogP contribution in [-0.4, -0.2) is 28.6 Å². The number of nitrogens with zero attached hydrogens (tertiary/aromatic N) is 3. The minimum absolute atomic E-state index is 0.111. The molecule has 3 aromatic rings. The normalized spacial score (nSPS) is 17.2. The van der Waals surface area contributed by atoms with Crippen LogP contribution in [-0.2, 0) is 16.0 Å². The van der Waals surface area contributed by atoms with Crippen molar-refractivity contribution in [2.75, 3.05) is 16.8 Å². The number of amides is 2. The molecule has 0 aliphatic carbocycles. The number of hydrogen-bond donors (Lipinski definition) is 1. The minimum atomic E-state index is -0.488. The topological polar surface area (TPSA) is 75.2 Å². The van der Waals surface area contributed by atoms with Gasteiger partial charge in [0, 0.05) is 25.1 Å². The number of carbonyl (C=O) groups excluding carboxylic acids is 2. The first kappa shape index (κ1) is 20.2. The van der Waals surface area contributed by atoms with Gasteiger partial charge in [-0.05, 0) is 35.7 Å². The summed E-state index contributed by atoms with van der Waals surface area (Å²) in [5.41, 5.74) is 1.81. The molecule has 0 bridgehead atoms. The van der Waals surface area contributed by atoms with Crippen molar-refractivity contribution in [3.05, 3.63) is 71.0 Å². The van der Waals surface area contributed by atoms with E-state index >= 15 is 0 Å². The van der Waals surface area contributed by atoms with Crippen LogP contribution in [0.15, 0.2) is 54.6 Å². The fraction of sp³-hybridized carbons (Fsp3) is 0.273. The van der Waals surface area contributed by atoms with Crippen molar-refractivity contribution in [1.82, 2.24) is 10.2 Å². The molecule has 1 N–H and O–H groups in total. The van der Waals surface area contributed by atoms with Crippen LogP contribution in [0.5, 0.6) is 0 Å². The molecule has 0 saturated carbocycles. The average Bonchev–Trinajstić information content (AvgIpc) is 3.35. The van der Waals surface area contributed by atoms with Crippen LogP contribution in [0.4, 0.5) is 15.2 Å². The van der Waals surface area contributed by atoms with Crippen LogP contribution >= 0.6 is 11.3 Å². The predicted octanol–water partition coefficient (Wildman–Crippen LogP) is 4.02. The lowest BCUT2D eigenvalue weighted by atomic mass is 9.98. The Hall–Kier alpha value is -3.13. The van der Waals surface area contributed by atoms with Crippen molar-refractivity contribution in [2.45, 2.75) is 25.7 Å². The molecule has 2 amide bonds. The van der Waals surface area contributed by atoms with Crippen molar-refractivity contribution < 1.29 is 14.0 Å². The van der Waals surface area contributed by atoms with Gasteiger partial charge >= 0.3 is 0 Å². The molecular formula is C22H21FN4O2S. The number of nitrogens with one attached hydrogen (secondary N) is 1. The molecule has 0 radical (unpaired) electrons. The Balaban J connectivity index is 1.35. The highest BCUT2D eigenvalue weighted by Gasteiger charge is 2.35. The molecule has 2 aromatic carbocycles. The second kappa shape index (κ2) is 8.71.